The Morgan fingerprint density at radius 1 is 1.18 bits per heavy atom. The van der Waals surface area contributed by atoms with Crippen molar-refractivity contribution in [3.8, 4) is 0 Å². The molecule has 182 valence electrons. The molecular weight excluding hydrogens is 420 g/mol. The molecule has 1 aromatic rings. The second-order valence-electron chi connectivity index (χ2n) is 9.46. The molecule has 3 N–H and O–H groups in total. The van der Waals surface area contributed by atoms with Gasteiger partial charge >= 0.3 is 0 Å². The first-order valence-electron chi connectivity index (χ1n) is 12.2. The number of hydrogen-bond donors (Lipinski definition) is 3. The van der Waals surface area contributed by atoms with Crippen molar-refractivity contribution >= 4 is 23.3 Å². The molecule has 0 saturated carbocycles. The number of carbonyl (C=O) groups is 3. The number of anilines is 1. The summed E-state index contributed by atoms with van der Waals surface area (Å²) in [6.07, 6.45) is 2.20. The lowest BCUT2D eigenvalue weighted by Gasteiger charge is -2.32. The highest BCUT2D eigenvalue weighted by Crippen LogP contribution is 2.19. The first-order valence-corrected chi connectivity index (χ1v) is 12.2. The summed E-state index contributed by atoms with van der Waals surface area (Å²) < 4.78 is 5.38. The Morgan fingerprint density at radius 2 is 1.88 bits per heavy atom. The summed E-state index contributed by atoms with van der Waals surface area (Å²) in [5, 5.41) is 9.15. The minimum Gasteiger partial charge on any atom is -0.373 e. The summed E-state index contributed by atoms with van der Waals surface area (Å²) in [7, 11) is 0. The van der Waals surface area contributed by atoms with Gasteiger partial charge in [0.2, 0.25) is 5.91 Å². The van der Waals surface area contributed by atoms with Crippen LogP contribution in [0.15, 0.2) is 24.3 Å². The van der Waals surface area contributed by atoms with Gasteiger partial charge in [0.1, 0.15) is 12.6 Å². The van der Waals surface area contributed by atoms with Gasteiger partial charge in [-0.1, -0.05) is 27.2 Å². The van der Waals surface area contributed by atoms with Crippen LogP contribution in [0.2, 0.25) is 0 Å². The minimum absolute atomic E-state index is 0.0196. The topological polar surface area (TPSA) is 99.8 Å². The predicted octanol–water partition coefficient (Wildman–Crippen LogP) is 1.74. The van der Waals surface area contributed by atoms with Crippen molar-refractivity contribution in [1.82, 2.24) is 16.0 Å². The van der Waals surface area contributed by atoms with E-state index in [1.807, 2.05) is 32.9 Å². The van der Waals surface area contributed by atoms with E-state index >= 15 is 0 Å². The van der Waals surface area contributed by atoms with Crippen molar-refractivity contribution in [3.63, 3.8) is 0 Å². The van der Waals surface area contributed by atoms with E-state index in [9.17, 15) is 14.4 Å². The van der Waals surface area contributed by atoms with Crippen LogP contribution in [0.4, 0.5) is 5.69 Å². The number of nitrogens with zero attached hydrogens (tertiary/aromatic N) is 1. The molecular formula is C25H38N4O4. The summed E-state index contributed by atoms with van der Waals surface area (Å²) in [5.74, 6) is -0.533. The van der Waals surface area contributed by atoms with E-state index < -0.39 is 12.1 Å². The number of nitrogens with one attached hydrogen (secondary N) is 3. The van der Waals surface area contributed by atoms with Gasteiger partial charge in [-0.3, -0.25) is 14.4 Å². The van der Waals surface area contributed by atoms with Crippen LogP contribution in [0.3, 0.4) is 0 Å². The van der Waals surface area contributed by atoms with Crippen molar-refractivity contribution in [2.45, 2.75) is 52.1 Å². The Balaban J connectivity index is 1.65. The van der Waals surface area contributed by atoms with Crippen molar-refractivity contribution < 1.29 is 19.1 Å². The summed E-state index contributed by atoms with van der Waals surface area (Å²) in [4.78, 5) is 40.8. The SMILES string of the molecule is CCCC1COCC(=O)[C@H]1NC(=O)[C@H](CC(C)C)NC(=O)c1ccc(N2CCNCC2)cc1. The lowest BCUT2D eigenvalue weighted by Crippen LogP contribution is -2.57. The monoisotopic (exact) mass is 458 g/mol. The van der Waals surface area contributed by atoms with Crippen molar-refractivity contribution in [3.05, 3.63) is 29.8 Å². The van der Waals surface area contributed by atoms with Gasteiger partial charge in [-0.25, -0.2) is 0 Å². The van der Waals surface area contributed by atoms with Gasteiger partial charge in [0.15, 0.2) is 5.78 Å². The fraction of sp³-hybridized carbons (Fsp3) is 0.640. The number of benzene rings is 1. The van der Waals surface area contributed by atoms with Gasteiger partial charge in [-0.2, -0.15) is 0 Å². The average molecular weight is 459 g/mol. The van der Waals surface area contributed by atoms with E-state index in [1.165, 1.54) is 0 Å². The van der Waals surface area contributed by atoms with E-state index in [2.05, 4.69) is 20.9 Å². The van der Waals surface area contributed by atoms with E-state index in [-0.39, 0.29) is 36.0 Å². The van der Waals surface area contributed by atoms with Gasteiger partial charge in [0.05, 0.1) is 12.6 Å². The third-order valence-electron chi connectivity index (χ3n) is 6.29. The fourth-order valence-corrected chi connectivity index (χ4v) is 4.52. The predicted molar refractivity (Wildman–Crippen MR) is 128 cm³/mol. The number of ether oxygens (including phenoxy) is 1. The highest BCUT2D eigenvalue weighted by Gasteiger charge is 2.35. The number of hydrogen-bond acceptors (Lipinski definition) is 6. The second-order valence-corrected chi connectivity index (χ2v) is 9.46. The number of amides is 2. The van der Waals surface area contributed by atoms with Gasteiger partial charge in [-0.15, -0.1) is 0 Å². The van der Waals surface area contributed by atoms with E-state index in [0.29, 0.717) is 18.6 Å². The molecule has 3 rings (SSSR count). The maximum absolute atomic E-state index is 13.1. The number of ketones is 1. The van der Waals surface area contributed by atoms with Gasteiger partial charge in [0.25, 0.3) is 5.91 Å². The zero-order chi connectivity index (χ0) is 23.8. The molecule has 0 radical (unpaired) electrons. The molecule has 0 aromatic heterocycles. The van der Waals surface area contributed by atoms with Crippen LogP contribution in [0.1, 0.15) is 50.4 Å². The molecule has 0 aliphatic carbocycles. The van der Waals surface area contributed by atoms with Crippen LogP contribution < -0.4 is 20.9 Å². The summed E-state index contributed by atoms with van der Waals surface area (Å²) >= 11 is 0. The quantitative estimate of drug-likeness (QED) is 0.521. The molecule has 0 spiro atoms. The van der Waals surface area contributed by atoms with E-state index in [1.54, 1.807) is 12.1 Å². The number of rotatable bonds is 9. The maximum atomic E-state index is 13.1. The van der Waals surface area contributed by atoms with Crippen molar-refractivity contribution in [2.75, 3.05) is 44.3 Å². The maximum Gasteiger partial charge on any atom is 0.251 e. The Labute approximate surface area is 196 Å². The molecule has 3 atom stereocenters. The van der Waals surface area contributed by atoms with Crippen LogP contribution in [0.25, 0.3) is 0 Å². The molecule has 2 aliphatic rings. The molecule has 2 heterocycles. The van der Waals surface area contributed by atoms with Crippen molar-refractivity contribution in [1.29, 1.82) is 0 Å². The molecule has 0 bridgehead atoms. The van der Waals surface area contributed by atoms with Gasteiger partial charge < -0.3 is 25.6 Å². The molecule has 1 unspecified atom stereocenters. The highest BCUT2D eigenvalue weighted by molar-refractivity contribution is 5.99. The first-order chi connectivity index (χ1) is 15.9. The third kappa shape index (κ3) is 7.01. The Kier molecular flexibility index (Phi) is 9.26. The third-order valence-corrected chi connectivity index (χ3v) is 6.29. The highest BCUT2D eigenvalue weighted by atomic mass is 16.5. The summed E-state index contributed by atoms with van der Waals surface area (Å²) in [5.41, 5.74) is 1.60. The minimum atomic E-state index is -0.705. The number of Topliss-reactive ketones (excluding diaryl/α,β-unsaturated/α-hetero) is 1. The normalized spacial score (nSPS) is 22.2. The molecule has 2 amide bonds. The zero-order valence-electron chi connectivity index (χ0n) is 20.1. The molecule has 2 fully saturated rings. The molecule has 8 heteroatoms. The lowest BCUT2D eigenvalue weighted by atomic mass is 9.90. The standard InChI is InChI=1S/C25H38N4O4/c1-4-5-19-15-33-16-22(30)23(19)28-25(32)21(14-17(2)3)27-24(31)18-6-8-20(9-7-18)29-12-10-26-11-13-29/h6-9,17,19,21,23,26H,4-5,10-16H2,1-3H3,(H,27,31)(H,28,32)/t19?,21-,23-/m0/s1. The molecule has 33 heavy (non-hydrogen) atoms. The molecule has 2 saturated heterocycles. The van der Waals surface area contributed by atoms with E-state index in [0.717, 1.165) is 44.7 Å². The summed E-state index contributed by atoms with van der Waals surface area (Å²) in [6.45, 7) is 10.3. The Hall–Kier alpha value is -2.45. The number of piperazine rings is 1. The molecule has 2 aliphatic heterocycles. The number of carbonyl (C=O) groups excluding carboxylic acids is 3. The Bertz CT molecular complexity index is 803. The first kappa shape index (κ1) is 25.2. The van der Waals surface area contributed by atoms with E-state index in [4.69, 9.17) is 4.74 Å². The van der Waals surface area contributed by atoms with Crippen molar-refractivity contribution in [2.24, 2.45) is 11.8 Å². The average Bonchev–Trinajstić information content (AvgIpc) is 2.81. The lowest BCUT2D eigenvalue weighted by molar-refractivity contribution is -0.138. The Morgan fingerprint density at radius 3 is 2.52 bits per heavy atom. The van der Waals surface area contributed by atoms with Gasteiger partial charge in [-0.05, 0) is 43.0 Å². The fourth-order valence-electron chi connectivity index (χ4n) is 4.52. The van der Waals surface area contributed by atoms with Crippen LogP contribution in [0, 0.1) is 11.8 Å². The molecule has 1 aromatic carbocycles. The van der Waals surface area contributed by atoms with Crippen LogP contribution in [0.5, 0.6) is 0 Å². The van der Waals surface area contributed by atoms with Gasteiger partial charge in [0, 0.05) is 43.3 Å². The van der Waals surface area contributed by atoms with Crippen LogP contribution in [-0.4, -0.2) is 69.1 Å². The molecule has 8 nitrogen and oxygen atoms in total. The smallest absolute Gasteiger partial charge is 0.251 e. The largest absolute Gasteiger partial charge is 0.373 e. The zero-order valence-corrected chi connectivity index (χ0v) is 20.1. The summed E-state index contributed by atoms with van der Waals surface area (Å²) in [6, 6.07) is 6.24. The second kappa shape index (κ2) is 12.1. The van der Waals surface area contributed by atoms with Crippen LogP contribution >= 0.6 is 0 Å². The van der Waals surface area contributed by atoms with Crippen LogP contribution in [-0.2, 0) is 14.3 Å².